The van der Waals surface area contributed by atoms with Crippen molar-refractivity contribution in [2.24, 2.45) is 10.2 Å². The molecule has 0 fully saturated rings. The summed E-state index contributed by atoms with van der Waals surface area (Å²) < 4.78 is 76.9. The largest absolute Gasteiger partial charge is 0.397 e. The second-order valence-electron chi connectivity index (χ2n) is 7.29. The van der Waals surface area contributed by atoms with Crippen LogP contribution in [0.25, 0.3) is 0 Å². The zero-order chi connectivity index (χ0) is 29.4. The molecule has 17 nitrogen and oxygen atoms in total. The van der Waals surface area contributed by atoms with Gasteiger partial charge in [-0.1, -0.05) is 10.1 Å². The highest BCUT2D eigenvalue weighted by molar-refractivity contribution is 7.91. The van der Waals surface area contributed by atoms with Gasteiger partial charge in [-0.2, -0.15) is 18.6 Å². The minimum Gasteiger partial charge on any atom is -0.367 e. The third-order valence-corrected chi connectivity index (χ3v) is 7.62. The van der Waals surface area contributed by atoms with E-state index in [2.05, 4.69) is 33.2 Å². The molecule has 0 aliphatic rings. The molecule has 2 rings (SSSR count). The summed E-state index contributed by atoms with van der Waals surface area (Å²) >= 11 is 0.892. The van der Waals surface area contributed by atoms with Crippen LogP contribution < -0.4 is 4.90 Å². The lowest BCUT2D eigenvalue weighted by molar-refractivity contribution is -0.434. The fourth-order valence-corrected chi connectivity index (χ4v) is 4.85. The Kier molecular flexibility index (Phi) is 15.2. The average Bonchev–Trinajstić information content (AvgIpc) is 2.90. The maximum absolute atomic E-state index is 12.3. The van der Waals surface area contributed by atoms with Crippen LogP contribution in [0.5, 0.6) is 0 Å². The lowest BCUT2D eigenvalue weighted by atomic mass is 10.1. The predicted octanol–water partition coefficient (Wildman–Crippen LogP) is 3.81. The molecule has 21 heteroatoms. The Morgan fingerprint density at radius 1 is 0.850 bits per heavy atom. The molecule has 2 aromatic rings. The topological polar surface area (TPSA) is 222 Å². The predicted molar refractivity (Wildman–Crippen MR) is 140 cm³/mol. The molecule has 0 saturated carbocycles. The van der Waals surface area contributed by atoms with Crippen LogP contribution in [-0.2, 0) is 51.5 Å². The lowest BCUT2D eigenvalue weighted by Crippen LogP contribution is -2.30. The van der Waals surface area contributed by atoms with Crippen molar-refractivity contribution >= 4 is 61.9 Å². The Labute approximate surface area is 238 Å². The monoisotopic (exact) mass is 647 g/mol. The third kappa shape index (κ3) is 13.1. The first-order valence-corrected chi connectivity index (χ1v) is 15.2. The fraction of sp³-hybridized carbons (Fsp3) is 0.368. The highest BCUT2D eigenvalue weighted by atomic mass is 32.3. The van der Waals surface area contributed by atoms with E-state index in [0.717, 1.165) is 11.3 Å². The molecular formula is C19H25N3O14S4. The average molecular weight is 648 g/mol. The lowest BCUT2D eigenvalue weighted by Gasteiger charge is -2.24. The zero-order valence-electron chi connectivity index (χ0n) is 20.6. The van der Waals surface area contributed by atoms with Crippen molar-refractivity contribution < 1.29 is 63.2 Å². The molecule has 0 spiro atoms. The number of rotatable bonds is 20. The Hall–Kier alpha value is -1.96. The van der Waals surface area contributed by atoms with Gasteiger partial charge in [-0.25, -0.2) is 23.1 Å². The normalized spacial score (nSPS) is 12.3. The summed E-state index contributed by atoms with van der Waals surface area (Å²) in [5, 5.41) is 31.5. The first-order valence-electron chi connectivity index (χ1n) is 10.8. The molecule has 3 N–H and O–H groups in total. The van der Waals surface area contributed by atoms with Crippen LogP contribution >= 0.6 is 24.6 Å². The molecular weight excluding hydrogens is 622 g/mol. The summed E-state index contributed by atoms with van der Waals surface area (Å²) in [6.45, 7) is 2.20. The van der Waals surface area contributed by atoms with Gasteiger partial charge in [0, 0.05) is 18.8 Å². The number of hydrogen-bond donors (Lipinski definition) is 3. The molecule has 40 heavy (non-hydrogen) atoms. The van der Waals surface area contributed by atoms with Gasteiger partial charge in [-0.05, 0) is 55.0 Å². The second-order valence-corrected chi connectivity index (χ2v) is 11.5. The van der Waals surface area contributed by atoms with Crippen LogP contribution in [0.15, 0.2) is 57.6 Å². The molecule has 0 aromatic heterocycles. The number of aryl methyl sites for hydroxylation is 1. The van der Waals surface area contributed by atoms with E-state index in [1.54, 1.807) is 12.1 Å². The van der Waals surface area contributed by atoms with Gasteiger partial charge in [0.1, 0.15) is 0 Å². The highest BCUT2D eigenvalue weighted by Gasteiger charge is 2.16. The van der Waals surface area contributed by atoms with E-state index >= 15 is 0 Å². The number of sulfone groups is 1. The van der Waals surface area contributed by atoms with Gasteiger partial charge in [-0.15, -0.1) is 8.67 Å². The van der Waals surface area contributed by atoms with Crippen LogP contribution in [0, 0.1) is 6.92 Å². The van der Waals surface area contributed by atoms with E-state index in [9.17, 15) is 16.8 Å². The molecule has 0 aliphatic heterocycles. The van der Waals surface area contributed by atoms with E-state index < -0.39 is 32.6 Å². The maximum Gasteiger partial charge on any atom is 0.397 e. The summed E-state index contributed by atoms with van der Waals surface area (Å²) in [5.74, 6) is -0.651. The molecule has 0 radical (unpaired) electrons. The minimum absolute atomic E-state index is 0.0818. The van der Waals surface area contributed by atoms with Crippen molar-refractivity contribution in [1.82, 2.24) is 0 Å². The van der Waals surface area contributed by atoms with Gasteiger partial charge >= 0.3 is 10.4 Å². The zero-order valence-corrected chi connectivity index (χ0v) is 23.9. The van der Waals surface area contributed by atoms with E-state index in [4.69, 9.17) is 23.4 Å². The smallest absolute Gasteiger partial charge is 0.367 e. The Bertz CT molecular complexity index is 1270. The summed E-state index contributed by atoms with van der Waals surface area (Å²) in [6.07, 6.45) is 0. The first kappa shape index (κ1) is 34.2. The van der Waals surface area contributed by atoms with Crippen molar-refractivity contribution in [2.75, 3.05) is 43.6 Å². The molecule has 0 unspecified atom stereocenters. The van der Waals surface area contributed by atoms with Gasteiger partial charge in [0.05, 0.1) is 41.8 Å². The van der Waals surface area contributed by atoms with Crippen LogP contribution in [0.2, 0.25) is 0 Å². The Balaban J connectivity index is 2.04. The Morgan fingerprint density at radius 3 is 1.98 bits per heavy atom. The van der Waals surface area contributed by atoms with Crippen LogP contribution in [0.1, 0.15) is 5.56 Å². The van der Waals surface area contributed by atoms with Gasteiger partial charge in [-0.3, -0.25) is 12.9 Å². The Morgan fingerprint density at radius 2 is 1.45 bits per heavy atom. The standard InChI is InChI=1S/C19H25N3O14S4/c1-15-14-17(22(8-10-30-37-35-33-23)9-11-31-38-36-34-24)4-7-19(15)21-20-16-2-5-18(6-3-16)39(25,26)13-12-32-40(27,28)29/h2-7,14,23-24H,8-13H2,1H3,(H,27,28,29). The van der Waals surface area contributed by atoms with Crippen molar-refractivity contribution in [3.05, 3.63) is 48.0 Å². The number of benzene rings is 2. The van der Waals surface area contributed by atoms with Crippen molar-refractivity contribution in [3.63, 3.8) is 0 Å². The van der Waals surface area contributed by atoms with E-state index in [1.807, 2.05) is 17.9 Å². The second kappa shape index (κ2) is 17.8. The van der Waals surface area contributed by atoms with E-state index in [1.165, 1.54) is 24.3 Å². The molecule has 0 amide bonds. The molecule has 0 saturated heterocycles. The highest BCUT2D eigenvalue weighted by Crippen LogP contribution is 2.27. The van der Waals surface area contributed by atoms with Crippen LogP contribution in [0.4, 0.5) is 17.1 Å². The van der Waals surface area contributed by atoms with Crippen molar-refractivity contribution in [1.29, 1.82) is 0 Å². The number of hydrogen-bond acceptors (Lipinski definition) is 18. The van der Waals surface area contributed by atoms with Gasteiger partial charge in [0.25, 0.3) is 0 Å². The summed E-state index contributed by atoms with van der Waals surface area (Å²) in [5.41, 5.74) is 2.46. The van der Waals surface area contributed by atoms with E-state index in [0.29, 0.717) is 49.1 Å². The maximum atomic E-state index is 12.3. The molecule has 0 atom stereocenters. The number of anilines is 1. The molecule has 224 valence electrons. The number of azo groups is 1. The number of nitrogens with zero attached hydrogens (tertiary/aromatic N) is 3. The molecule has 0 aliphatic carbocycles. The van der Waals surface area contributed by atoms with Crippen molar-refractivity contribution in [2.45, 2.75) is 11.8 Å². The summed E-state index contributed by atoms with van der Waals surface area (Å²) in [7, 11) is -8.59. The molecule has 2 aromatic carbocycles. The van der Waals surface area contributed by atoms with Crippen LogP contribution in [-0.4, -0.2) is 70.6 Å². The van der Waals surface area contributed by atoms with Gasteiger partial charge < -0.3 is 4.90 Å². The summed E-state index contributed by atoms with van der Waals surface area (Å²) in [6, 6.07) is 10.8. The molecule has 0 heterocycles. The molecule has 0 bridgehead atoms. The van der Waals surface area contributed by atoms with Gasteiger partial charge in [0.15, 0.2) is 34.5 Å². The van der Waals surface area contributed by atoms with Gasteiger partial charge in [0.2, 0.25) is 0 Å². The first-order chi connectivity index (χ1) is 19.1. The third-order valence-electron chi connectivity index (χ3n) is 4.70. The summed E-state index contributed by atoms with van der Waals surface area (Å²) in [4.78, 5) is 1.82. The fourth-order valence-electron chi connectivity index (χ4n) is 2.94. The quantitative estimate of drug-likeness (QED) is 0.0464. The van der Waals surface area contributed by atoms with E-state index in [-0.39, 0.29) is 18.1 Å². The van der Waals surface area contributed by atoms with Crippen molar-refractivity contribution in [3.8, 4) is 0 Å². The SMILES string of the molecule is Cc1cc(N(CCOSOOO)CCOSOOO)ccc1N=Nc1ccc(S(=O)(=O)CCOS(=O)(=O)O)cc1. The van der Waals surface area contributed by atoms with Crippen LogP contribution in [0.3, 0.4) is 0 Å². The minimum atomic E-state index is -4.74.